The van der Waals surface area contributed by atoms with Crippen molar-refractivity contribution < 1.29 is 14.4 Å². The molecule has 0 aliphatic carbocycles. The van der Waals surface area contributed by atoms with Crippen molar-refractivity contribution >= 4 is 17.7 Å². The third-order valence-electron chi connectivity index (χ3n) is 2.81. The Labute approximate surface area is 100 Å². The van der Waals surface area contributed by atoms with Gasteiger partial charge in [0.2, 0.25) is 17.7 Å². The van der Waals surface area contributed by atoms with Gasteiger partial charge in [0.25, 0.3) is 0 Å². The molecule has 0 spiro atoms. The van der Waals surface area contributed by atoms with E-state index in [1.807, 2.05) is 19.3 Å². The van der Waals surface area contributed by atoms with Crippen LogP contribution in [-0.4, -0.2) is 29.2 Å². The fraction of sp³-hybridized carbons (Fsp3) is 0.727. The number of hydrogen-bond donors (Lipinski definition) is 2. The summed E-state index contributed by atoms with van der Waals surface area (Å²) in [6.45, 7) is 4.10. The summed E-state index contributed by atoms with van der Waals surface area (Å²) in [5.74, 6) is 4.34. The maximum Gasteiger partial charge on any atom is 0.233 e. The van der Waals surface area contributed by atoms with Gasteiger partial charge in [0, 0.05) is 25.8 Å². The fourth-order valence-electron chi connectivity index (χ4n) is 1.93. The largest absolute Gasteiger partial charge is 0.294 e. The molecule has 3 N–H and O–H groups in total. The fourth-order valence-corrected chi connectivity index (χ4v) is 1.93. The lowest BCUT2D eigenvalue weighted by Crippen LogP contribution is -2.46. The number of carbonyl (C=O) groups excluding carboxylic acids is 3. The van der Waals surface area contributed by atoms with E-state index in [0.29, 0.717) is 25.8 Å². The Morgan fingerprint density at radius 2 is 1.88 bits per heavy atom. The molecule has 3 amide bonds. The molecule has 96 valence electrons. The molecule has 0 aromatic carbocycles. The molecular weight excluding hydrogens is 222 g/mol. The Kier molecular flexibility index (Phi) is 4.22. The van der Waals surface area contributed by atoms with Crippen molar-refractivity contribution in [2.45, 2.75) is 39.5 Å². The Hall–Kier alpha value is -1.43. The van der Waals surface area contributed by atoms with Crippen LogP contribution in [0.5, 0.6) is 0 Å². The summed E-state index contributed by atoms with van der Waals surface area (Å²) in [7, 11) is 0. The van der Waals surface area contributed by atoms with E-state index >= 15 is 0 Å². The maximum absolute atomic E-state index is 11.7. The first-order chi connectivity index (χ1) is 7.85. The zero-order chi connectivity index (χ0) is 13.1. The molecule has 17 heavy (non-hydrogen) atoms. The average molecular weight is 241 g/mol. The molecule has 0 saturated carbocycles. The first-order valence-corrected chi connectivity index (χ1v) is 5.68. The summed E-state index contributed by atoms with van der Waals surface area (Å²) >= 11 is 0. The highest BCUT2D eigenvalue weighted by Gasteiger charge is 2.36. The van der Waals surface area contributed by atoms with Crippen LogP contribution in [0.3, 0.4) is 0 Å². The molecule has 6 nitrogen and oxygen atoms in total. The second kappa shape index (κ2) is 5.27. The number of hydrogen-bond acceptors (Lipinski definition) is 4. The molecule has 0 atom stereocenters. The molecule has 0 aromatic rings. The summed E-state index contributed by atoms with van der Waals surface area (Å²) in [5.41, 5.74) is 1.76. The monoisotopic (exact) mass is 241 g/mol. The van der Waals surface area contributed by atoms with Crippen LogP contribution in [0, 0.1) is 5.41 Å². The smallest absolute Gasteiger partial charge is 0.233 e. The van der Waals surface area contributed by atoms with Gasteiger partial charge in [0.1, 0.15) is 0 Å². The zero-order valence-electron chi connectivity index (χ0n) is 10.3. The lowest BCUT2D eigenvalue weighted by Gasteiger charge is -2.34. The molecule has 6 heteroatoms. The Morgan fingerprint density at radius 3 is 2.35 bits per heavy atom. The van der Waals surface area contributed by atoms with Crippen LogP contribution in [0.4, 0.5) is 0 Å². The van der Waals surface area contributed by atoms with Crippen LogP contribution < -0.4 is 11.3 Å². The predicted molar refractivity (Wildman–Crippen MR) is 61.3 cm³/mol. The predicted octanol–water partition coefficient (Wildman–Crippen LogP) is -0.0683. The van der Waals surface area contributed by atoms with E-state index in [0.717, 1.165) is 0 Å². The van der Waals surface area contributed by atoms with Gasteiger partial charge >= 0.3 is 0 Å². The number of piperidine rings is 1. The molecule has 0 radical (unpaired) electrons. The van der Waals surface area contributed by atoms with Crippen LogP contribution in [0.15, 0.2) is 0 Å². The van der Waals surface area contributed by atoms with Crippen molar-refractivity contribution in [2.24, 2.45) is 11.3 Å². The SMILES string of the molecule is CC1(C)CC(=O)N(CCCC(=O)NN)C(=O)C1. The van der Waals surface area contributed by atoms with Crippen molar-refractivity contribution in [3.8, 4) is 0 Å². The zero-order valence-corrected chi connectivity index (χ0v) is 10.3. The second-order valence-corrected chi connectivity index (χ2v) is 5.13. The number of carbonyl (C=O) groups is 3. The Bertz CT molecular complexity index is 319. The third kappa shape index (κ3) is 3.81. The normalized spacial score (nSPS) is 19.4. The lowest BCUT2D eigenvalue weighted by atomic mass is 9.82. The highest BCUT2D eigenvalue weighted by molar-refractivity contribution is 5.98. The van der Waals surface area contributed by atoms with Gasteiger partial charge in [-0.05, 0) is 11.8 Å². The van der Waals surface area contributed by atoms with Crippen LogP contribution >= 0.6 is 0 Å². The van der Waals surface area contributed by atoms with E-state index in [1.54, 1.807) is 0 Å². The molecule has 0 bridgehead atoms. The summed E-state index contributed by atoms with van der Waals surface area (Å²) < 4.78 is 0. The summed E-state index contributed by atoms with van der Waals surface area (Å²) in [4.78, 5) is 35.6. The van der Waals surface area contributed by atoms with Crippen LogP contribution in [-0.2, 0) is 14.4 Å². The molecule has 0 aromatic heterocycles. The molecule has 1 fully saturated rings. The Morgan fingerprint density at radius 1 is 1.35 bits per heavy atom. The minimum absolute atomic E-state index is 0.153. The van der Waals surface area contributed by atoms with Crippen molar-refractivity contribution in [1.29, 1.82) is 0 Å². The summed E-state index contributed by atoms with van der Waals surface area (Å²) in [6.07, 6.45) is 1.42. The highest BCUT2D eigenvalue weighted by atomic mass is 16.2. The first-order valence-electron chi connectivity index (χ1n) is 5.68. The number of rotatable bonds is 4. The number of hydrazine groups is 1. The summed E-state index contributed by atoms with van der Waals surface area (Å²) in [5, 5.41) is 0. The van der Waals surface area contributed by atoms with Crippen molar-refractivity contribution in [2.75, 3.05) is 6.54 Å². The topological polar surface area (TPSA) is 92.5 Å². The van der Waals surface area contributed by atoms with E-state index in [1.165, 1.54) is 4.90 Å². The number of likely N-dealkylation sites (tertiary alicyclic amines) is 1. The first kappa shape index (κ1) is 13.6. The quantitative estimate of drug-likeness (QED) is 0.312. The van der Waals surface area contributed by atoms with Gasteiger partial charge < -0.3 is 0 Å². The number of nitrogens with two attached hydrogens (primary N) is 1. The van der Waals surface area contributed by atoms with Crippen molar-refractivity contribution in [1.82, 2.24) is 10.3 Å². The molecular formula is C11H19N3O3. The molecule has 1 aliphatic heterocycles. The minimum Gasteiger partial charge on any atom is -0.294 e. The van der Waals surface area contributed by atoms with Crippen molar-refractivity contribution in [3.63, 3.8) is 0 Å². The molecule has 0 unspecified atom stereocenters. The van der Waals surface area contributed by atoms with Gasteiger partial charge in [-0.1, -0.05) is 13.8 Å². The van der Waals surface area contributed by atoms with E-state index < -0.39 is 0 Å². The maximum atomic E-state index is 11.7. The van der Waals surface area contributed by atoms with Gasteiger partial charge in [0.15, 0.2) is 0 Å². The highest BCUT2D eigenvalue weighted by Crippen LogP contribution is 2.31. The number of nitrogens with one attached hydrogen (secondary N) is 1. The molecule has 1 saturated heterocycles. The van der Waals surface area contributed by atoms with Crippen LogP contribution in [0.2, 0.25) is 0 Å². The number of imide groups is 1. The van der Waals surface area contributed by atoms with Gasteiger partial charge in [-0.2, -0.15) is 0 Å². The molecule has 1 rings (SSSR count). The van der Waals surface area contributed by atoms with Crippen LogP contribution in [0.25, 0.3) is 0 Å². The van der Waals surface area contributed by atoms with E-state index in [9.17, 15) is 14.4 Å². The molecule has 1 aliphatic rings. The van der Waals surface area contributed by atoms with E-state index in [2.05, 4.69) is 0 Å². The second-order valence-electron chi connectivity index (χ2n) is 5.13. The van der Waals surface area contributed by atoms with Gasteiger partial charge in [0.05, 0.1) is 0 Å². The number of amides is 3. The molecule has 1 heterocycles. The third-order valence-corrected chi connectivity index (χ3v) is 2.81. The number of nitrogens with zero attached hydrogens (tertiary/aromatic N) is 1. The lowest BCUT2D eigenvalue weighted by molar-refractivity contribution is -0.152. The van der Waals surface area contributed by atoms with Gasteiger partial charge in [-0.25, -0.2) is 5.84 Å². The minimum atomic E-state index is -0.290. The van der Waals surface area contributed by atoms with Gasteiger partial charge in [-0.15, -0.1) is 0 Å². The van der Waals surface area contributed by atoms with Crippen LogP contribution in [0.1, 0.15) is 39.5 Å². The Balaban J connectivity index is 2.46. The van der Waals surface area contributed by atoms with Crippen molar-refractivity contribution in [3.05, 3.63) is 0 Å². The summed E-state index contributed by atoms with van der Waals surface area (Å²) in [6, 6.07) is 0. The standard InChI is InChI=1S/C11H19N3O3/c1-11(2)6-9(16)14(10(17)7-11)5-3-4-8(15)13-12/h3-7,12H2,1-2H3,(H,13,15). The van der Waals surface area contributed by atoms with E-state index in [4.69, 9.17) is 5.84 Å². The van der Waals surface area contributed by atoms with E-state index in [-0.39, 0.29) is 29.6 Å². The average Bonchev–Trinajstić information content (AvgIpc) is 2.20. The van der Waals surface area contributed by atoms with Gasteiger partial charge in [-0.3, -0.25) is 24.7 Å².